The van der Waals surface area contributed by atoms with Gasteiger partial charge in [0.25, 0.3) is 5.91 Å². The zero-order chi connectivity index (χ0) is 14.1. The van der Waals surface area contributed by atoms with E-state index >= 15 is 0 Å². The molecule has 0 aliphatic heterocycles. The molecular formula is C13H16ClF2NO. The molecule has 0 heterocycles. The van der Waals surface area contributed by atoms with E-state index in [9.17, 15) is 13.6 Å². The standard InChI is InChI=1S/C13H16ClF2NO/c1-8-5-6-9(15)10(11(8)16)12(18)17(4)13(2,3)7-14/h5-6H,7H2,1-4H3. The lowest BCUT2D eigenvalue weighted by Gasteiger charge is -2.34. The van der Waals surface area contributed by atoms with Crippen LogP contribution < -0.4 is 0 Å². The smallest absolute Gasteiger partial charge is 0.260 e. The van der Waals surface area contributed by atoms with E-state index < -0.39 is 28.6 Å². The number of aryl methyl sites for hydroxylation is 1. The second-order valence-electron chi connectivity index (χ2n) is 4.86. The quantitative estimate of drug-likeness (QED) is 0.775. The first kappa shape index (κ1) is 14.9. The van der Waals surface area contributed by atoms with Crippen LogP contribution >= 0.6 is 11.6 Å². The molecule has 100 valence electrons. The predicted octanol–water partition coefficient (Wildman–Crippen LogP) is 3.36. The van der Waals surface area contributed by atoms with E-state index in [1.807, 2.05) is 0 Å². The zero-order valence-corrected chi connectivity index (χ0v) is 11.6. The van der Waals surface area contributed by atoms with Gasteiger partial charge in [-0.1, -0.05) is 6.07 Å². The Morgan fingerprint density at radius 2 is 1.94 bits per heavy atom. The van der Waals surface area contributed by atoms with Gasteiger partial charge in [-0.15, -0.1) is 11.6 Å². The van der Waals surface area contributed by atoms with E-state index in [1.165, 1.54) is 24.9 Å². The normalized spacial score (nSPS) is 11.5. The Morgan fingerprint density at radius 1 is 1.39 bits per heavy atom. The number of rotatable bonds is 3. The fourth-order valence-corrected chi connectivity index (χ4v) is 1.56. The summed E-state index contributed by atoms with van der Waals surface area (Å²) in [5, 5.41) is 0. The molecule has 1 rings (SSSR count). The Kier molecular flexibility index (Phi) is 4.32. The molecule has 0 saturated heterocycles. The van der Waals surface area contributed by atoms with E-state index in [2.05, 4.69) is 0 Å². The van der Waals surface area contributed by atoms with Crippen LogP contribution in [0.15, 0.2) is 12.1 Å². The van der Waals surface area contributed by atoms with Crippen molar-refractivity contribution in [2.75, 3.05) is 12.9 Å². The monoisotopic (exact) mass is 275 g/mol. The second kappa shape index (κ2) is 5.22. The molecule has 18 heavy (non-hydrogen) atoms. The summed E-state index contributed by atoms with van der Waals surface area (Å²) in [6.45, 7) is 4.94. The summed E-state index contributed by atoms with van der Waals surface area (Å²) >= 11 is 5.75. The average molecular weight is 276 g/mol. The first-order valence-corrected chi connectivity index (χ1v) is 6.04. The zero-order valence-electron chi connectivity index (χ0n) is 10.9. The highest BCUT2D eigenvalue weighted by molar-refractivity contribution is 6.18. The summed E-state index contributed by atoms with van der Waals surface area (Å²) in [6, 6.07) is 2.39. The summed E-state index contributed by atoms with van der Waals surface area (Å²) in [4.78, 5) is 13.4. The van der Waals surface area contributed by atoms with Crippen LogP contribution in [0.3, 0.4) is 0 Å². The van der Waals surface area contributed by atoms with Gasteiger partial charge >= 0.3 is 0 Å². The van der Waals surface area contributed by atoms with Gasteiger partial charge < -0.3 is 4.90 Å². The van der Waals surface area contributed by atoms with Crippen molar-refractivity contribution in [2.45, 2.75) is 26.3 Å². The molecule has 1 amide bonds. The minimum atomic E-state index is -0.861. The van der Waals surface area contributed by atoms with Gasteiger partial charge in [-0.3, -0.25) is 4.79 Å². The summed E-state index contributed by atoms with van der Waals surface area (Å²) in [6.07, 6.45) is 0. The fourth-order valence-electron chi connectivity index (χ4n) is 1.38. The van der Waals surface area contributed by atoms with Crippen molar-refractivity contribution in [3.05, 3.63) is 34.9 Å². The van der Waals surface area contributed by atoms with Gasteiger partial charge in [0.2, 0.25) is 0 Å². The van der Waals surface area contributed by atoms with Crippen molar-refractivity contribution in [2.24, 2.45) is 0 Å². The second-order valence-corrected chi connectivity index (χ2v) is 5.13. The molecule has 0 atom stereocenters. The molecule has 0 bridgehead atoms. The molecule has 1 aromatic rings. The minimum Gasteiger partial charge on any atom is -0.335 e. The number of hydrogen-bond donors (Lipinski definition) is 0. The number of carbonyl (C=O) groups excluding carboxylic acids is 1. The van der Waals surface area contributed by atoms with Crippen LogP contribution in [0.1, 0.15) is 29.8 Å². The third-order valence-corrected chi connectivity index (χ3v) is 3.69. The lowest BCUT2D eigenvalue weighted by atomic mass is 10.0. The van der Waals surface area contributed by atoms with Crippen molar-refractivity contribution >= 4 is 17.5 Å². The van der Waals surface area contributed by atoms with Gasteiger partial charge in [-0.05, 0) is 32.4 Å². The van der Waals surface area contributed by atoms with Crippen LogP contribution in [0.2, 0.25) is 0 Å². The summed E-state index contributed by atoms with van der Waals surface area (Å²) in [5.74, 6) is -2.22. The van der Waals surface area contributed by atoms with Gasteiger partial charge in [0.1, 0.15) is 17.2 Å². The van der Waals surface area contributed by atoms with Crippen LogP contribution in [0.5, 0.6) is 0 Å². The van der Waals surface area contributed by atoms with Gasteiger partial charge in [0.05, 0.1) is 5.54 Å². The Morgan fingerprint density at radius 3 is 2.44 bits per heavy atom. The van der Waals surface area contributed by atoms with Crippen LogP contribution in [0.25, 0.3) is 0 Å². The predicted molar refractivity (Wildman–Crippen MR) is 68.0 cm³/mol. The van der Waals surface area contributed by atoms with E-state index in [4.69, 9.17) is 11.6 Å². The first-order valence-electron chi connectivity index (χ1n) is 5.51. The van der Waals surface area contributed by atoms with Crippen molar-refractivity contribution in [3.8, 4) is 0 Å². The molecule has 0 radical (unpaired) electrons. The SMILES string of the molecule is Cc1ccc(F)c(C(=O)N(C)C(C)(C)CCl)c1F. The molecule has 0 fully saturated rings. The number of nitrogens with zero attached hydrogens (tertiary/aromatic N) is 1. The van der Waals surface area contributed by atoms with Crippen LogP contribution in [0, 0.1) is 18.6 Å². The highest BCUT2D eigenvalue weighted by Gasteiger charge is 2.31. The van der Waals surface area contributed by atoms with Gasteiger partial charge in [-0.25, -0.2) is 8.78 Å². The molecule has 0 aliphatic rings. The number of amides is 1. The summed E-state index contributed by atoms with van der Waals surface area (Å²) in [7, 11) is 1.48. The minimum absolute atomic E-state index is 0.171. The Bertz CT molecular complexity index is 474. The van der Waals surface area contributed by atoms with Crippen LogP contribution in [-0.4, -0.2) is 29.3 Å². The van der Waals surface area contributed by atoms with E-state index in [0.29, 0.717) is 0 Å². The van der Waals surface area contributed by atoms with Crippen molar-refractivity contribution in [3.63, 3.8) is 0 Å². The van der Waals surface area contributed by atoms with Gasteiger partial charge in [-0.2, -0.15) is 0 Å². The molecule has 1 aromatic carbocycles. The van der Waals surface area contributed by atoms with Gasteiger partial charge in [0.15, 0.2) is 0 Å². The number of benzene rings is 1. The van der Waals surface area contributed by atoms with Crippen molar-refractivity contribution in [1.82, 2.24) is 4.90 Å². The van der Waals surface area contributed by atoms with Crippen molar-refractivity contribution in [1.29, 1.82) is 0 Å². The number of halogens is 3. The maximum absolute atomic E-state index is 13.8. The number of alkyl halides is 1. The molecule has 0 aliphatic carbocycles. The summed E-state index contributed by atoms with van der Waals surface area (Å²) < 4.78 is 27.5. The number of carbonyl (C=O) groups is 1. The molecule has 0 spiro atoms. The molecular weight excluding hydrogens is 260 g/mol. The summed E-state index contributed by atoms with van der Waals surface area (Å²) in [5.41, 5.74) is -0.978. The average Bonchev–Trinajstić information content (AvgIpc) is 2.33. The lowest BCUT2D eigenvalue weighted by molar-refractivity contribution is 0.0650. The van der Waals surface area contributed by atoms with Crippen LogP contribution in [-0.2, 0) is 0 Å². The number of hydrogen-bond acceptors (Lipinski definition) is 1. The Labute approximate surface area is 111 Å². The maximum Gasteiger partial charge on any atom is 0.260 e. The topological polar surface area (TPSA) is 20.3 Å². The fraction of sp³-hybridized carbons (Fsp3) is 0.462. The Hall–Kier alpha value is -1.16. The first-order chi connectivity index (χ1) is 8.22. The third-order valence-electron chi connectivity index (χ3n) is 3.04. The van der Waals surface area contributed by atoms with Gasteiger partial charge in [0, 0.05) is 12.9 Å². The highest BCUT2D eigenvalue weighted by Crippen LogP contribution is 2.22. The Balaban J connectivity index is 3.24. The van der Waals surface area contributed by atoms with E-state index in [-0.39, 0.29) is 11.4 Å². The molecule has 0 N–H and O–H groups in total. The molecule has 0 aromatic heterocycles. The van der Waals surface area contributed by atoms with E-state index in [1.54, 1.807) is 13.8 Å². The lowest BCUT2D eigenvalue weighted by Crippen LogP contribution is -2.47. The third kappa shape index (κ3) is 2.64. The largest absolute Gasteiger partial charge is 0.335 e. The molecule has 5 heteroatoms. The maximum atomic E-state index is 13.8. The molecule has 0 unspecified atom stereocenters. The van der Waals surface area contributed by atoms with Crippen LogP contribution in [0.4, 0.5) is 8.78 Å². The highest BCUT2D eigenvalue weighted by atomic mass is 35.5. The van der Waals surface area contributed by atoms with E-state index in [0.717, 1.165) is 6.07 Å². The van der Waals surface area contributed by atoms with Crippen molar-refractivity contribution < 1.29 is 13.6 Å². The molecule has 0 saturated carbocycles. The molecule has 2 nitrogen and oxygen atoms in total.